The lowest BCUT2D eigenvalue weighted by Gasteiger charge is -2.05. The van der Waals surface area contributed by atoms with E-state index in [4.69, 9.17) is 10.6 Å². The maximum atomic E-state index is 11.5. The summed E-state index contributed by atoms with van der Waals surface area (Å²) in [5, 5.41) is 12.4. The van der Waals surface area contributed by atoms with E-state index in [2.05, 4.69) is 10.0 Å². The van der Waals surface area contributed by atoms with Crippen LogP contribution in [0.15, 0.2) is 112 Å². The topological polar surface area (TPSA) is 113 Å². The van der Waals surface area contributed by atoms with Gasteiger partial charge in [0.2, 0.25) is 0 Å². The zero-order valence-corrected chi connectivity index (χ0v) is 18.6. The van der Waals surface area contributed by atoms with Crippen LogP contribution >= 0.6 is 0 Å². The van der Waals surface area contributed by atoms with Crippen LogP contribution < -0.4 is 11.1 Å². The van der Waals surface area contributed by atoms with Gasteiger partial charge in [-0.3, -0.25) is 9.59 Å². The summed E-state index contributed by atoms with van der Waals surface area (Å²) in [5.41, 5.74) is 12.1. The lowest BCUT2D eigenvalue weighted by Crippen LogP contribution is -2.18. The molecule has 1 N–H and O–H groups in total. The predicted octanol–water partition coefficient (Wildman–Crippen LogP) is 4.10. The van der Waals surface area contributed by atoms with Gasteiger partial charge in [-0.15, -0.1) is 0 Å². The van der Waals surface area contributed by atoms with Crippen molar-refractivity contribution in [2.24, 2.45) is 5.11 Å². The first-order chi connectivity index (χ1) is 16.6. The Morgan fingerprint density at radius 2 is 1.12 bits per heavy atom. The molecule has 0 unspecified atom stereocenters. The van der Waals surface area contributed by atoms with Gasteiger partial charge in [0.1, 0.15) is 0 Å². The minimum Gasteiger partial charge on any atom is -0.392 e. The van der Waals surface area contributed by atoms with Gasteiger partial charge in [-0.05, 0) is 39.9 Å². The molecule has 8 heteroatoms. The van der Waals surface area contributed by atoms with E-state index in [9.17, 15) is 9.59 Å². The Morgan fingerprint density at radius 3 is 1.53 bits per heavy atom. The number of hydrogen-bond donors (Lipinski definition) is 1. The van der Waals surface area contributed by atoms with Gasteiger partial charge in [-0.2, -0.15) is 0 Å². The molecule has 0 amide bonds. The Balaban J connectivity index is 0.000000192. The van der Waals surface area contributed by atoms with Crippen LogP contribution in [-0.4, -0.2) is 14.2 Å². The predicted molar refractivity (Wildman–Crippen MR) is 131 cm³/mol. The second-order valence-electron chi connectivity index (χ2n) is 7.51. The van der Waals surface area contributed by atoms with E-state index in [1.165, 1.54) is 6.07 Å². The number of azide groups is 1. The SMILES string of the molecule is O=c1ccccn1Cc1ccc(CO)cc1.[N-]=[N+]=NCc1ccc(Cn2ccccc2=O)cc1. The molecule has 2 heterocycles. The van der Waals surface area contributed by atoms with Crippen molar-refractivity contribution in [3.63, 3.8) is 0 Å². The van der Waals surface area contributed by atoms with Crippen LogP contribution in [-0.2, 0) is 26.2 Å². The van der Waals surface area contributed by atoms with Crippen molar-refractivity contribution in [1.82, 2.24) is 9.13 Å². The van der Waals surface area contributed by atoms with Gasteiger partial charge in [0, 0.05) is 29.4 Å². The molecule has 2 aromatic carbocycles. The number of benzene rings is 2. The van der Waals surface area contributed by atoms with Gasteiger partial charge >= 0.3 is 0 Å². The molecule has 2 aromatic heterocycles. The fourth-order valence-corrected chi connectivity index (χ4v) is 3.19. The molecule has 0 radical (unpaired) electrons. The van der Waals surface area contributed by atoms with Crippen LogP contribution in [0.2, 0.25) is 0 Å². The summed E-state index contributed by atoms with van der Waals surface area (Å²) >= 11 is 0. The summed E-state index contributed by atoms with van der Waals surface area (Å²) < 4.78 is 3.29. The molecule has 0 spiro atoms. The van der Waals surface area contributed by atoms with Gasteiger partial charge in [-0.1, -0.05) is 65.8 Å². The molecule has 0 saturated heterocycles. The number of aliphatic hydroxyl groups excluding tert-OH is 1. The molecule has 0 aliphatic heterocycles. The fourth-order valence-electron chi connectivity index (χ4n) is 3.19. The standard InChI is InChI=1S/C13H12N4O.C13H13NO2/c14-16-15-9-11-4-6-12(7-5-11)10-17-8-2-1-3-13(17)18;15-10-12-6-4-11(5-7-12)9-14-8-2-1-3-13(14)16/h1-8H,9-10H2;1-8,15H,9-10H2. The lowest BCUT2D eigenvalue weighted by atomic mass is 10.1. The number of aromatic nitrogens is 2. The second kappa shape index (κ2) is 12.6. The van der Waals surface area contributed by atoms with E-state index in [-0.39, 0.29) is 17.7 Å². The van der Waals surface area contributed by atoms with Crippen molar-refractivity contribution < 1.29 is 5.11 Å². The molecule has 0 bridgehead atoms. The molecular formula is C26H25N5O3. The third-order valence-corrected chi connectivity index (χ3v) is 5.05. The number of nitrogens with zero attached hydrogens (tertiary/aromatic N) is 5. The number of pyridine rings is 2. The maximum absolute atomic E-state index is 11.5. The Morgan fingerprint density at radius 1 is 0.676 bits per heavy atom. The van der Waals surface area contributed by atoms with Crippen LogP contribution in [0.3, 0.4) is 0 Å². The first-order valence-corrected chi connectivity index (χ1v) is 10.7. The molecule has 0 atom stereocenters. The molecule has 4 rings (SSSR count). The maximum Gasteiger partial charge on any atom is 0.250 e. The van der Waals surface area contributed by atoms with Crippen LogP contribution in [0.1, 0.15) is 22.3 Å². The molecule has 0 saturated carbocycles. The Labute approximate surface area is 196 Å². The number of rotatable bonds is 7. The van der Waals surface area contributed by atoms with E-state index in [1.807, 2.05) is 60.7 Å². The molecule has 172 valence electrons. The summed E-state index contributed by atoms with van der Waals surface area (Å²) in [7, 11) is 0. The highest BCUT2D eigenvalue weighted by Gasteiger charge is 1.98. The van der Waals surface area contributed by atoms with Crippen LogP contribution in [0, 0.1) is 0 Å². The molecule has 0 fully saturated rings. The summed E-state index contributed by atoms with van der Waals surface area (Å²) in [6, 6.07) is 25.4. The van der Waals surface area contributed by atoms with Crippen molar-refractivity contribution in [2.45, 2.75) is 26.2 Å². The van der Waals surface area contributed by atoms with Crippen LogP contribution in [0.5, 0.6) is 0 Å². The van der Waals surface area contributed by atoms with Gasteiger partial charge < -0.3 is 14.2 Å². The van der Waals surface area contributed by atoms with Crippen molar-refractivity contribution in [1.29, 1.82) is 0 Å². The average Bonchev–Trinajstić information content (AvgIpc) is 2.87. The zero-order chi connectivity index (χ0) is 24.2. The first-order valence-electron chi connectivity index (χ1n) is 10.7. The Bertz CT molecular complexity index is 1350. The molecule has 0 aliphatic rings. The highest BCUT2D eigenvalue weighted by atomic mass is 16.3. The largest absolute Gasteiger partial charge is 0.392 e. The van der Waals surface area contributed by atoms with E-state index in [1.54, 1.807) is 39.7 Å². The molecular weight excluding hydrogens is 430 g/mol. The molecule has 34 heavy (non-hydrogen) atoms. The highest BCUT2D eigenvalue weighted by molar-refractivity contribution is 5.23. The first kappa shape index (κ1) is 24.3. The van der Waals surface area contributed by atoms with Crippen molar-refractivity contribution >= 4 is 0 Å². The number of aliphatic hydroxyl groups is 1. The number of hydrogen-bond acceptors (Lipinski definition) is 4. The average molecular weight is 456 g/mol. The Kier molecular flexibility index (Phi) is 8.99. The van der Waals surface area contributed by atoms with Gasteiger partial charge in [0.15, 0.2) is 0 Å². The van der Waals surface area contributed by atoms with Gasteiger partial charge in [0.05, 0.1) is 26.2 Å². The Hall–Kier alpha value is -4.39. The van der Waals surface area contributed by atoms with E-state index in [0.29, 0.717) is 19.6 Å². The summed E-state index contributed by atoms with van der Waals surface area (Å²) in [4.78, 5) is 25.7. The van der Waals surface area contributed by atoms with Crippen molar-refractivity contribution in [3.05, 3.63) is 151 Å². The van der Waals surface area contributed by atoms with Gasteiger partial charge in [0.25, 0.3) is 11.1 Å². The zero-order valence-electron chi connectivity index (χ0n) is 18.6. The van der Waals surface area contributed by atoms with Gasteiger partial charge in [-0.25, -0.2) is 0 Å². The normalized spacial score (nSPS) is 10.0. The fraction of sp³-hybridized carbons (Fsp3) is 0.154. The third kappa shape index (κ3) is 7.34. The van der Waals surface area contributed by atoms with E-state index in [0.717, 1.165) is 22.3 Å². The van der Waals surface area contributed by atoms with E-state index < -0.39 is 0 Å². The summed E-state index contributed by atoms with van der Waals surface area (Å²) in [6.07, 6.45) is 3.53. The molecule has 0 aliphatic carbocycles. The minimum atomic E-state index is -0.0179. The minimum absolute atomic E-state index is 0.00580. The molecule has 8 nitrogen and oxygen atoms in total. The monoisotopic (exact) mass is 455 g/mol. The van der Waals surface area contributed by atoms with Crippen LogP contribution in [0.4, 0.5) is 0 Å². The van der Waals surface area contributed by atoms with Crippen LogP contribution in [0.25, 0.3) is 10.4 Å². The smallest absolute Gasteiger partial charge is 0.250 e. The van der Waals surface area contributed by atoms with Crippen molar-refractivity contribution in [2.75, 3.05) is 0 Å². The van der Waals surface area contributed by atoms with E-state index >= 15 is 0 Å². The summed E-state index contributed by atoms with van der Waals surface area (Å²) in [6.45, 7) is 1.50. The summed E-state index contributed by atoms with van der Waals surface area (Å²) in [5.74, 6) is 0. The quantitative estimate of drug-likeness (QED) is 0.257. The lowest BCUT2D eigenvalue weighted by molar-refractivity contribution is 0.282. The molecule has 4 aromatic rings. The second-order valence-corrected chi connectivity index (χ2v) is 7.51. The highest BCUT2D eigenvalue weighted by Crippen LogP contribution is 2.07. The third-order valence-electron chi connectivity index (χ3n) is 5.05. The van der Waals surface area contributed by atoms with Crippen molar-refractivity contribution in [3.8, 4) is 0 Å².